The van der Waals surface area contributed by atoms with Crippen molar-refractivity contribution in [2.24, 2.45) is 16.8 Å². The minimum absolute atomic E-state index is 0. The van der Waals surface area contributed by atoms with Crippen LogP contribution < -0.4 is 10.6 Å². The standard InChI is InChI=1S/C24H40ClN5.HI/c1-19(2)17-29-14-10-22(11-15-29)28-24(26-3)27-16-20-8-12-30(13-9-20)18-21-6-4-5-7-23(21)25;/h4-7,19-20,22H,8-18H2,1-3H3,(H2,26,27,28);1H. The Labute approximate surface area is 211 Å². The topological polar surface area (TPSA) is 42.9 Å². The van der Waals surface area contributed by atoms with Crippen LogP contribution in [0.3, 0.4) is 0 Å². The smallest absolute Gasteiger partial charge is 0.191 e. The molecular weight excluding hydrogens is 521 g/mol. The minimum Gasteiger partial charge on any atom is -0.356 e. The molecule has 0 unspecified atom stereocenters. The first kappa shape index (κ1) is 26.7. The molecule has 2 saturated heterocycles. The van der Waals surface area contributed by atoms with Crippen LogP contribution in [-0.4, -0.2) is 68.1 Å². The van der Waals surface area contributed by atoms with Crippen LogP contribution in [0.2, 0.25) is 5.02 Å². The Bertz CT molecular complexity index is 668. The molecule has 2 N–H and O–H groups in total. The first-order chi connectivity index (χ1) is 14.5. The monoisotopic (exact) mass is 561 g/mol. The summed E-state index contributed by atoms with van der Waals surface area (Å²) < 4.78 is 0. The largest absolute Gasteiger partial charge is 0.356 e. The van der Waals surface area contributed by atoms with Crippen LogP contribution in [0, 0.1) is 11.8 Å². The third-order valence-electron chi connectivity index (χ3n) is 6.39. The molecule has 0 atom stereocenters. The Balaban J connectivity index is 0.00000341. The van der Waals surface area contributed by atoms with E-state index in [1.807, 2.05) is 19.2 Å². The van der Waals surface area contributed by atoms with Gasteiger partial charge >= 0.3 is 0 Å². The van der Waals surface area contributed by atoms with Crippen LogP contribution >= 0.6 is 35.6 Å². The Kier molecular flexibility index (Phi) is 11.9. The lowest BCUT2D eigenvalue weighted by Crippen LogP contribution is -2.50. The second-order valence-corrected chi connectivity index (χ2v) is 9.78. The van der Waals surface area contributed by atoms with Gasteiger partial charge in [-0.2, -0.15) is 0 Å². The molecule has 2 heterocycles. The van der Waals surface area contributed by atoms with E-state index in [4.69, 9.17) is 11.6 Å². The van der Waals surface area contributed by atoms with E-state index in [1.165, 1.54) is 50.9 Å². The van der Waals surface area contributed by atoms with Gasteiger partial charge in [0, 0.05) is 50.8 Å². The summed E-state index contributed by atoms with van der Waals surface area (Å²) >= 11 is 6.32. The van der Waals surface area contributed by atoms with Gasteiger partial charge in [0.15, 0.2) is 5.96 Å². The number of hydrogen-bond acceptors (Lipinski definition) is 3. The number of piperidine rings is 2. The van der Waals surface area contributed by atoms with E-state index in [1.54, 1.807) is 0 Å². The van der Waals surface area contributed by atoms with E-state index in [0.29, 0.717) is 12.0 Å². The van der Waals surface area contributed by atoms with Crippen molar-refractivity contribution in [3.8, 4) is 0 Å². The SMILES string of the molecule is CN=C(NCC1CCN(Cc2ccccc2Cl)CC1)NC1CCN(CC(C)C)CC1.I. The summed E-state index contributed by atoms with van der Waals surface area (Å²) in [5, 5.41) is 8.12. The molecule has 5 nitrogen and oxygen atoms in total. The summed E-state index contributed by atoms with van der Waals surface area (Å²) in [6.45, 7) is 12.4. The number of rotatable bonds is 7. The molecule has 1 aromatic carbocycles. The summed E-state index contributed by atoms with van der Waals surface area (Å²) in [4.78, 5) is 9.59. The minimum atomic E-state index is 0. The number of guanidine groups is 1. The van der Waals surface area contributed by atoms with E-state index in [2.05, 4.69) is 51.4 Å². The first-order valence-electron chi connectivity index (χ1n) is 11.7. The molecule has 0 bridgehead atoms. The van der Waals surface area contributed by atoms with Gasteiger partial charge in [-0.25, -0.2) is 0 Å². The number of hydrogen-bond donors (Lipinski definition) is 2. The highest BCUT2D eigenvalue weighted by molar-refractivity contribution is 14.0. The maximum atomic E-state index is 6.32. The lowest BCUT2D eigenvalue weighted by molar-refractivity contribution is 0.177. The van der Waals surface area contributed by atoms with Gasteiger partial charge in [-0.15, -0.1) is 24.0 Å². The summed E-state index contributed by atoms with van der Waals surface area (Å²) in [6, 6.07) is 8.74. The molecule has 0 radical (unpaired) electrons. The molecule has 0 amide bonds. The molecule has 0 aromatic heterocycles. The van der Waals surface area contributed by atoms with Crippen LogP contribution in [0.15, 0.2) is 29.3 Å². The third-order valence-corrected chi connectivity index (χ3v) is 6.76. The van der Waals surface area contributed by atoms with Crippen LogP contribution in [0.5, 0.6) is 0 Å². The quantitative estimate of drug-likeness (QED) is 0.293. The van der Waals surface area contributed by atoms with Crippen LogP contribution in [-0.2, 0) is 6.54 Å². The molecule has 1 aromatic rings. The maximum absolute atomic E-state index is 6.32. The highest BCUT2D eigenvalue weighted by atomic mass is 127. The molecule has 2 aliphatic rings. The molecule has 0 spiro atoms. The predicted octanol–water partition coefficient (Wildman–Crippen LogP) is 4.46. The van der Waals surface area contributed by atoms with Gasteiger partial charge in [-0.05, 0) is 62.2 Å². The third kappa shape index (κ3) is 9.06. The maximum Gasteiger partial charge on any atom is 0.191 e. The molecule has 7 heteroatoms. The van der Waals surface area contributed by atoms with E-state index in [0.717, 1.165) is 43.1 Å². The van der Waals surface area contributed by atoms with Gasteiger partial charge in [0.05, 0.1) is 0 Å². The second kappa shape index (κ2) is 13.9. The van der Waals surface area contributed by atoms with Crippen molar-refractivity contribution >= 4 is 41.5 Å². The van der Waals surface area contributed by atoms with Crippen LogP contribution in [0.25, 0.3) is 0 Å². The Hall–Kier alpha value is -0.570. The molecule has 2 fully saturated rings. The van der Waals surface area contributed by atoms with Crippen molar-refractivity contribution in [1.29, 1.82) is 0 Å². The molecule has 176 valence electrons. The second-order valence-electron chi connectivity index (χ2n) is 9.38. The van der Waals surface area contributed by atoms with Crippen molar-refractivity contribution < 1.29 is 0 Å². The van der Waals surface area contributed by atoms with Gasteiger partial charge in [0.2, 0.25) is 0 Å². The summed E-state index contributed by atoms with van der Waals surface area (Å²) in [5.41, 5.74) is 1.24. The fourth-order valence-electron chi connectivity index (χ4n) is 4.62. The van der Waals surface area contributed by atoms with E-state index >= 15 is 0 Å². The summed E-state index contributed by atoms with van der Waals surface area (Å²) in [6.07, 6.45) is 4.85. The number of halogens is 2. The molecule has 31 heavy (non-hydrogen) atoms. The zero-order valence-electron chi connectivity index (χ0n) is 19.4. The molecule has 3 rings (SSSR count). The molecule has 0 aliphatic carbocycles. The van der Waals surface area contributed by atoms with Crippen molar-refractivity contribution in [3.63, 3.8) is 0 Å². The highest BCUT2D eigenvalue weighted by Gasteiger charge is 2.22. The lowest BCUT2D eigenvalue weighted by Gasteiger charge is -2.35. The van der Waals surface area contributed by atoms with Crippen molar-refractivity contribution in [3.05, 3.63) is 34.9 Å². The lowest BCUT2D eigenvalue weighted by atomic mass is 9.96. The average molecular weight is 562 g/mol. The Morgan fingerprint density at radius 1 is 1.06 bits per heavy atom. The zero-order chi connectivity index (χ0) is 21.3. The Morgan fingerprint density at radius 3 is 2.32 bits per heavy atom. The predicted molar refractivity (Wildman–Crippen MR) is 144 cm³/mol. The number of aliphatic imine (C=N–C) groups is 1. The van der Waals surface area contributed by atoms with Gasteiger partial charge in [-0.3, -0.25) is 9.89 Å². The number of benzene rings is 1. The summed E-state index contributed by atoms with van der Waals surface area (Å²) in [7, 11) is 1.88. The molecular formula is C24H41ClIN5. The van der Waals surface area contributed by atoms with Crippen molar-refractivity contribution in [2.75, 3.05) is 46.3 Å². The fourth-order valence-corrected chi connectivity index (χ4v) is 4.82. The number of nitrogens with one attached hydrogen (secondary N) is 2. The van der Waals surface area contributed by atoms with Gasteiger partial charge in [0.1, 0.15) is 0 Å². The first-order valence-corrected chi connectivity index (χ1v) is 12.1. The zero-order valence-corrected chi connectivity index (χ0v) is 22.5. The van der Waals surface area contributed by atoms with Gasteiger partial charge in [0.25, 0.3) is 0 Å². The van der Waals surface area contributed by atoms with E-state index in [9.17, 15) is 0 Å². The van der Waals surface area contributed by atoms with Crippen molar-refractivity contribution in [2.45, 2.75) is 52.1 Å². The molecule has 2 aliphatic heterocycles. The Morgan fingerprint density at radius 2 is 1.71 bits per heavy atom. The van der Waals surface area contributed by atoms with E-state index < -0.39 is 0 Å². The van der Waals surface area contributed by atoms with E-state index in [-0.39, 0.29) is 24.0 Å². The average Bonchev–Trinajstić information content (AvgIpc) is 2.74. The van der Waals surface area contributed by atoms with Gasteiger partial charge < -0.3 is 15.5 Å². The normalized spacial score (nSPS) is 20.0. The fraction of sp³-hybridized carbons (Fsp3) is 0.708. The van der Waals surface area contributed by atoms with Gasteiger partial charge in [-0.1, -0.05) is 43.6 Å². The summed E-state index contributed by atoms with van der Waals surface area (Å²) in [5.74, 6) is 2.43. The van der Waals surface area contributed by atoms with Crippen LogP contribution in [0.4, 0.5) is 0 Å². The van der Waals surface area contributed by atoms with Crippen molar-refractivity contribution in [1.82, 2.24) is 20.4 Å². The number of likely N-dealkylation sites (tertiary alicyclic amines) is 2. The molecule has 0 saturated carbocycles. The highest BCUT2D eigenvalue weighted by Crippen LogP contribution is 2.22. The number of nitrogens with zero attached hydrogens (tertiary/aromatic N) is 3. The van der Waals surface area contributed by atoms with Crippen LogP contribution in [0.1, 0.15) is 45.1 Å².